The third kappa shape index (κ3) is 4.16. The molecule has 2 aliphatic rings. The van der Waals surface area contributed by atoms with Crippen LogP contribution in [0.4, 0.5) is 0 Å². The van der Waals surface area contributed by atoms with Gasteiger partial charge in [0.05, 0.1) is 19.3 Å². The van der Waals surface area contributed by atoms with Crippen LogP contribution in [0.25, 0.3) is 0 Å². The summed E-state index contributed by atoms with van der Waals surface area (Å²) < 4.78 is 5.66. The number of aliphatic hydroxyl groups is 1. The quantitative estimate of drug-likeness (QED) is 0.848. The van der Waals surface area contributed by atoms with Crippen molar-refractivity contribution < 1.29 is 9.84 Å². The Morgan fingerprint density at radius 3 is 3.14 bits per heavy atom. The first kappa shape index (κ1) is 15.2. The lowest BCUT2D eigenvalue weighted by molar-refractivity contribution is -0.0322. The van der Waals surface area contributed by atoms with Crippen molar-refractivity contribution in [2.45, 2.75) is 37.8 Å². The summed E-state index contributed by atoms with van der Waals surface area (Å²) in [7, 11) is 0. The maximum Gasteiger partial charge on any atom is 0.0897 e. The molecule has 3 unspecified atom stereocenters. The van der Waals surface area contributed by atoms with Crippen LogP contribution in [0.15, 0.2) is 29.7 Å². The first-order chi connectivity index (χ1) is 10.3. The van der Waals surface area contributed by atoms with Gasteiger partial charge in [0.25, 0.3) is 0 Å². The molecule has 0 saturated carbocycles. The van der Waals surface area contributed by atoms with E-state index in [4.69, 9.17) is 4.74 Å². The van der Waals surface area contributed by atoms with Crippen molar-refractivity contribution in [3.63, 3.8) is 0 Å². The second-order valence-electron chi connectivity index (χ2n) is 6.14. The Kier molecular flexibility index (Phi) is 5.47. The van der Waals surface area contributed by atoms with E-state index in [0.29, 0.717) is 6.04 Å². The summed E-state index contributed by atoms with van der Waals surface area (Å²) >= 11 is 1.64. The Balaban J connectivity index is 1.57. The molecule has 1 aromatic rings. The van der Waals surface area contributed by atoms with Gasteiger partial charge < -0.3 is 9.84 Å². The Bertz CT molecular complexity index is 446. The standard InChI is InChI=1S/C17H25NO2S/c19-16(17-7-4-10-21-17)11-15-13-20-9-8-18(15)12-14-5-2-1-3-6-14/h1-2,4,7,10,14-16,19H,3,5-6,8-9,11-13H2. The van der Waals surface area contributed by atoms with Crippen molar-refractivity contribution in [2.24, 2.45) is 5.92 Å². The number of nitrogens with zero attached hydrogens (tertiary/aromatic N) is 1. The van der Waals surface area contributed by atoms with Crippen LogP contribution in [-0.4, -0.2) is 42.4 Å². The molecule has 1 fully saturated rings. The number of rotatable bonds is 5. The lowest BCUT2D eigenvalue weighted by Crippen LogP contribution is -2.48. The molecule has 0 aromatic carbocycles. The van der Waals surface area contributed by atoms with Gasteiger partial charge in [0, 0.05) is 24.0 Å². The van der Waals surface area contributed by atoms with Crippen LogP contribution in [0.2, 0.25) is 0 Å². The van der Waals surface area contributed by atoms with Crippen molar-refractivity contribution >= 4 is 11.3 Å². The summed E-state index contributed by atoms with van der Waals surface area (Å²) in [5.41, 5.74) is 0. The van der Waals surface area contributed by atoms with Crippen LogP contribution in [-0.2, 0) is 4.74 Å². The zero-order valence-corrected chi connectivity index (χ0v) is 13.3. The zero-order chi connectivity index (χ0) is 14.5. The van der Waals surface area contributed by atoms with E-state index in [1.54, 1.807) is 11.3 Å². The first-order valence-corrected chi connectivity index (χ1v) is 8.89. The Hall–Kier alpha value is -0.680. The summed E-state index contributed by atoms with van der Waals surface area (Å²) in [4.78, 5) is 3.62. The van der Waals surface area contributed by atoms with E-state index in [0.717, 1.165) is 43.5 Å². The van der Waals surface area contributed by atoms with E-state index >= 15 is 0 Å². The average Bonchev–Trinajstić information content (AvgIpc) is 3.05. The average molecular weight is 307 g/mol. The molecule has 1 aromatic heterocycles. The molecule has 0 bridgehead atoms. The Morgan fingerprint density at radius 2 is 2.38 bits per heavy atom. The zero-order valence-electron chi connectivity index (χ0n) is 12.5. The van der Waals surface area contributed by atoms with Gasteiger partial charge in [-0.15, -0.1) is 11.3 Å². The van der Waals surface area contributed by atoms with Gasteiger partial charge in [-0.05, 0) is 43.0 Å². The fourth-order valence-corrected chi connectivity index (χ4v) is 4.08. The van der Waals surface area contributed by atoms with E-state index in [9.17, 15) is 5.11 Å². The number of thiophene rings is 1. The molecule has 116 valence electrons. The van der Waals surface area contributed by atoms with Crippen LogP contribution in [0.3, 0.4) is 0 Å². The number of morpholine rings is 1. The van der Waals surface area contributed by atoms with Crippen molar-refractivity contribution in [1.82, 2.24) is 4.90 Å². The maximum absolute atomic E-state index is 10.4. The predicted octanol–water partition coefficient (Wildman–Crippen LogP) is 3.23. The second-order valence-corrected chi connectivity index (χ2v) is 7.12. The second kappa shape index (κ2) is 7.54. The molecule has 4 heteroatoms. The molecule has 0 spiro atoms. The Labute approximate surface area is 131 Å². The molecule has 21 heavy (non-hydrogen) atoms. The summed E-state index contributed by atoms with van der Waals surface area (Å²) in [6.45, 7) is 3.73. The molecule has 1 aliphatic carbocycles. The molecule has 1 saturated heterocycles. The van der Waals surface area contributed by atoms with Crippen LogP contribution in [0.5, 0.6) is 0 Å². The van der Waals surface area contributed by atoms with Crippen molar-refractivity contribution in [3.05, 3.63) is 34.5 Å². The lowest BCUT2D eigenvalue weighted by Gasteiger charge is -2.38. The fraction of sp³-hybridized carbons (Fsp3) is 0.647. The monoisotopic (exact) mass is 307 g/mol. The highest BCUT2D eigenvalue weighted by molar-refractivity contribution is 7.10. The smallest absolute Gasteiger partial charge is 0.0897 e. The summed E-state index contributed by atoms with van der Waals surface area (Å²) in [6, 6.07) is 4.38. The van der Waals surface area contributed by atoms with Gasteiger partial charge in [0.2, 0.25) is 0 Å². The summed E-state index contributed by atoms with van der Waals surface area (Å²) in [5.74, 6) is 0.773. The largest absolute Gasteiger partial charge is 0.388 e. The van der Waals surface area contributed by atoms with Crippen LogP contribution in [0, 0.1) is 5.92 Å². The third-order valence-corrected chi connectivity index (χ3v) is 5.56. The number of hydrogen-bond donors (Lipinski definition) is 1. The van der Waals surface area contributed by atoms with Gasteiger partial charge in [-0.1, -0.05) is 18.2 Å². The molecule has 1 N–H and O–H groups in total. The van der Waals surface area contributed by atoms with E-state index < -0.39 is 0 Å². The highest BCUT2D eigenvalue weighted by Crippen LogP contribution is 2.27. The van der Waals surface area contributed by atoms with E-state index in [-0.39, 0.29) is 6.10 Å². The van der Waals surface area contributed by atoms with E-state index in [1.807, 2.05) is 17.5 Å². The minimum Gasteiger partial charge on any atom is -0.388 e. The summed E-state index contributed by atoms with van der Waals surface area (Å²) in [6.07, 6.45) is 8.77. The minimum atomic E-state index is -0.356. The van der Waals surface area contributed by atoms with Crippen LogP contribution in [0.1, 0.15) is 36.7 Å². The summed E-state index contributed by atoms with van der Waals surface area (Å²) in [5, 5.41) is 12.4. The third-order valence-electron chi connectivity index (χ3n) is 4.59. The molecule has 1 aliphatic heterocycles. The number of aliphatic hydroxyl groups excluding tert-OH is 1. The molecule has 0 amide bonds. The molecular formula is C17H25NO2S. The SMILES string of the molecule is OC(CC1COCCN1CC1CC=CCC1)c1cccs1. The van der Waals surface area contributed by atoms with E-state index in [1.165, 1.54) is 19.3 Å². The molecule has 3 atom stereocenters. The van der Waals surface area contributed by atoms with Crippen LogP contribution < -0.4 is 0 Å². The van der Waals surface area contributed by atoms with Gasteiger partial charge in [-0.3, -0.25) is 4.90 Å². The molecule has 2 heterocycles. The number of ether oxygens (including phenoxy) is 1. The van der Waals surface area contributed by atoms with Gasteiger partial charge in [0.1, 0.15) is 0 Å². The molecule has 3 rings (SSSR count). The first-order valence-electron chi connectivity index (χ1n) is 8.01. The van der Waals surface area contributed by atoms with Crippen LogP contribution >= 0.6 is 11.3 Å². The van der Waals surface area contributed by atoms with Gasteiger partial charge in [-0.2, -0.15) is 0 Å². The molecule has 3 nitrogen and oxygen atoms in total. The molecule has 0 radical (unpaired) electrons. The molecular weight excluding hydrogens is 282 g/mol. The predicted molar refractivity (Wildman–Crippen MR) is 86.6 cm³/mol. The van der Waals surface area contributed by atoms with Gasteiger partial charge in [-0.25, -0.2) is 0 Å². The number of allylic oxidation sites excluding steroid dienone is 2. The van der Waals surface area contributed by atoms with Gasteiger partial charge in [0.15, 0.2) is 0 Å². The minimum absolute atomic E-state index is 0.349. The number of hydrogen-bond acceptors (Lipinski definition) is 4. The van der Waals surface area contributed by atoms with Crippen molar-refractivity contribution in [3.8, 4) is 0 Å². The topological polar surface area (TPSA) is 32.7 Å². The van der Waals surface area contributed by atoms with Crippen molar-refractivity contribution in [2.75, 3.05) is 26.3 Å². The highest BCUT2D eigenvalue weighted by Gasteiger charge is 2.28. The Morgan fingerprint density at radius 1 is 1.43 bits per heavy atom. The highest BCUT2D eigenvalue weighted by atomic mass is 32.1. The van der Waals surface area contributed by atoms with E-state index in [2.05, 4.69) is 17.1 Å². The fourth-order valence-electron chi connectivity index (χ4n) is 3.36. The van der Waals surface area contributed by atoms with Gasteiger partial charge >= 0.3 is 0 Å². The maximum atomic E-state index is 10.4. The van der Waals surface area contributed by atoms with Crippen molar-refractivity contribution in [1.29, 1.82) is 0 Å². The normalized spacial score (nSPS) is 28.6. The lowest BCUT2D eigenvalue weighted by atomic mass is 9.93.